The highest BCUT2D eigenvalue weighted by Crippen LogP contribution is 2.28. The molecule has 0 aromatic heterocycles. The molecule has 1 saturated heterocycles. The molecule has 1 unspecified atom stereocenters. The molecule has 8 heteroatoms. The van der Waals surface area contributed by atoms with Gasteiger partial charge in [-0.2, -0.15) is 0 Å². The standard InChI is InChI=1S/C15H18FN3O4/c1-15(2,3)18-8-9(6-13(18)20)14(21)17-12-7-10(19(22)23)4-5-11(12)16/h4-5,7,9H,6,8H2,1-3H3,(H,17,21). The van der Waals surface area contributed by atoms with Crippen molar-refractivity contribution in [2.24, 2.45) is 5.92 Å². The van der Waals surface area contributed by atoms with Gasteiger partial charge in [0.05, 0.1) is 16.5 Å². The molecule has 0 spiro atoms. The number of nitro benzene ring substituents is 1. The second-order valence-corrected chi connectivity index (χ2v) is 6.49. The normalized spacial score (nSPS) is 18.2. The summed E-state index contributed by atoms with van der Waals surface area (Å²) in [7, 11) is 0. The van der Waals surface area contributed by atoms with E-state index in [1.165, 1.54) is 0 Å². The van der Waals surface area contributed by atoms with E-state index in [9.17, 15) is 24.1 Å². The van der Waals surface area contributed by atoms with Gasteiger partial charge in [0.2, 0.25) is 11.8 Å². The maximum Gasteiger partial charge on any atom is 0.271 e. The van der Waals surface area contributed by atoms with E-state index in [0.29, 0.717) is 0 Å². The third-order valence-corrected chi connectivity index (χ3v) is 3.72. The summed E-state index contributed by atoms with van der Waals surface area (Å²) in [5.41, 5.74) is -0.977. The molecule has 0 aliphatic carbocycles. The molecule has 7 nitrogen and oxygen atoms in total. The van der Waals surface area contributed by atoms with Crippen LogP contribution in [0.2, 0.25) is 0 Å². The first-order valence-corrected chi connectivity index (χ1v) is 7.15. The number of hydrogen-bond donors (Lipinski definition) is 1. The fraction of sp³-hybridized carbons (Fsp3) is 0.467. The highest BCUT2D eigenvalue weighted by atomic mass is 19.1. The molecule has 0 bridgehead atoms. The SMILES string of the molecule is CC(C)(C)N1CC(C(=O)Nc2cc([N+](=O)[O-])ccc2F)CC1=O. The Morgan fingerprint density at radius 3 is 2.61 bits per heavy atom. The van der Waals surface area contributed by atoms with Crippen LogP contribution in [0.5, 0.6) is 0 Å². The van der Waals surface area contributed by atoms with Crippen LogP contribution in [0.4, 0.5) is 15.8 Å². The lowest BCUT2D eigenvalue weighted by Crippen LogP contribution is -2.42. The second kappa shape index (κ2) is 5.94. The van der Waals surface area contributed by atoms with Crippen LogP contribution in [-0.4, -0.2) is 33.7 Å². The number of nitro groups is 1. The number of carbonyl (C=O) groups is 2. The molecule has 1 aliphatic rings. The first kappa shape index (κ1) is 16.9. The maximum atomic E-state index is 13.7. The fourth-order valence-corrected chi connectivity index (χ4v) is 2.49. The van der Waals surface area contributed by atoms with Gasteiger partial charge in [0, 0.05) is 30.6 Å². The van der Waals surface area contributed by atoms with Crippen LogP contribution in [0.3, 0.4) is 0 Å². The van der Waals surface area contributed by atoms with E-state index >= 15 is 0 Å². The number of likely N-dealkylation sites (tertiary alicyclic amines) is 1. The Hall–Kier alpha value is -2.51. The minimum atomic E-state index is -0.763. The molecule has 1 atom stereocenters. The molecule has 0 radical (unpaired) electrons. The van der Waals surface area contributed by atoms with Crippen LogP contribution < -0.4 is 5.32 Å². The number of halogens is 1. The number of hydrogen-bond acceptors (Lipinski definition) is 4. The van der Waals surface area contributed by atoms with Crippen LogP contribution in [0.25, 0.3) is 0 Å². The highest BCUT2D eigenvalue weighted by molar-refractivity contribution is 5.97. The number of benzene rings is 1. The Labute approximate surface area is 132 Å². The monoisotopic (exact) mass is 323 g/mol. The molecule has 2 rings (SSSR count). The largest absolute Gasteiger partial charge is 0.337 e. The highest BCUT2D eigenvalue weighted by Gasteiger charge is 2.39. The summed E-state index contributed by atoms with van der Waals surface area (Å²) in [6.07, 6.45) is 0.0413. The van der Waals surface area contributed by atoms with Gasteiger partial charge < -0.3 is 10.2 Å². The lowest BCUT2D eigenvalue weighted by molar-refractivity contribution is -0.384. The van der Waals surface area contributed by atoms with Crippen LogP contribution >= 0.6 is 0 Å². The number of nitrogens with one attached hydrogen (secondary N) is 1. The molecule has 1 aromatic carbocycles. The Morgan fingerprint density at radius 1 is 1.43 bits per heavy atom. The van der Waals surface area contributed by atoms with Crippen LogP contribution in [0.1, 0.15) is 27.2 Å². The van der Waals surface area contributed by atoms with Gasteiger partial charge in [0.25, 0.3) is 5.69 Å². The molecular formula is C15H18FN3O4. The van der Waals surface area contributed by atoms with E-state index in [-0.39, 0.29) is 30.2 Å². The van der Waals surface area contributed by atoms with Gasteiger partial charge in [-0.05, 0) is 26.8 Å². The smallest absolute Gasteiger partial charge is 0.271 e. The Balaban J connectivity index is 2.13. The minimum Gasteiger partial charge on any atom is -0.337 e. The minimum absolute atomic E-state index is 0.0413. The van der Waals surface area contributed by atoms with E-state index in [4.69, 9.17) is 0 Å². The lowest BCUT2D eigenvalue weighted by Gasteiger charge is -2.31. The van der Waals surface area contributed by atoms with Crippen molar-refractivity contribution in [2.75, 3.05) is 11.9 Å². The zero-order chi connectivity index (χ0) is 17.4. The van der Waals surface area contributed by atoms with E-state index in [2.05, 4.69) is 5.32 Å². The summed E-state index contributed by atoms with van der Waals surface area (Å²) >= 11 is 0. The van der Waals surface area contributed by atoms with Crippen LogP contribution in [0.15, 0.2) is 18.2 Å². The van der Waals surface area contributed by atoms with Gasteiger partial charge >= 0.3 is 0 Å². The average Bonchev–Trinajstić information content (AvgIpc) is 2.83. The first-order chi connectivity index (χ1) is 10.6. The maximum absolute atomic E-state index is 13.7. The van der Waals surface area contributed by atoms with Crippen molar-refractivity contribution in [3.8, 4) is 0 Å². The molecule has 124 valence electrons. The summed E-state index contributed by atoms with van der Waals surface area (Å²) in [6.45, 7) is 5.84. The molecule has 2 amide bonds. The molecule has 1 N–H and O–H groups in total. The van der Waals surface area contributed by atoms with Gasteiger partial charge in [-0.1, -0.05) is 0 Å². The van der Waals surface area contributed by atoms with E-state index in [1.807, 2.05) is 20.8 Å². The summed E-state index contributed by atoms with van der Waals surface area (Å²) in [5.74, 6) is -2.04. The molecule has 1 aliphatic heterocycles. The number of anilines is 1. The molecule has 0 saturated carbocycles. The third-order valence-electron chi connectivity index (χ3n) is 3.72. The van der Waals surface area contributed by atoms with Crippen LogP contribution in [0, 0.1) is 21.8 Å². The van der Waals surface area contributed by atoms with Gasteiger partial charge in [-0.3, -0.25) is 19.7 Å². The lowest BCUT2D eigenvalue weighted by atomic mass is 10.1. The molecule has 1 aromatic rings. The Bertz CT molecular complexity index is 669. The van der Waals surface area contributed by atoms with Crippen molar-refractivity contribution in [3.63, 3.8) is 0 Å². The van der Waals surface area contributed by atoms with Crippen molar-refractivity contribution in [2.45, 2.75) is 32.7 Å². The van der Waals surface area contributed by atoms with Crippen molar-refractivity contribution in [1.29, 1.82) is 0 Å². The van der Waals surface area contributed by atoms with Crippen molar-refractivity contribution >= 4 is 23.2 Å². The first-order valence-electron chi connectivity index (χ1n) is 7.15. The molecule has 1 fully saturated rings. The van der Waals surface area contributed by atoms with E-state index in [0.717, 1.165) is 18.2 Å². The van der Waals surface area contributed by atoms with Gasteiger partial charge in [0.1, 0.15) is 5.82 Å². The average molecular weight is 323 g/mol. The number of carbonyl (C=O) groups excluding carboxylic acids is 2. The van der Waals surface area contributed by atoms with Crippen LogP contribution in [-0.2, 0) is 9.59 Å². The van der Waals surface area contributed by atoms with E-state index < -0.39 is 28.1 Å². The van der Waals surface area contributed by atoms with E-state index in [1.54, 1.807) is 4.90 Å². The zero-order valence-electron chi connectivity index (χ0n) is 13.1. The second-order valence-electron chi connectivity index (χ2n) is 6.49. The quantitative estimate of drug-likeness (QED) is 0.682. The molecule has 1 heterocycles. The number of rotatable bonds is 3. The predicted molar refractivity (Wildman–Crippen MR) is 81.3 cm³/mol. The van der Waals surface area contributed by atoms with Crippen molar-refractivity contribution in [3.05, 3.63) is 34.1 Å². The Morgan fingerprint density at radius 2 is 2.09 bits per heavy atom. The number of nitrogens with zero attached hydrogens (tertiary/aromatic N) is 2. The topological polar surface area (TPSA) is 92.6 Å². The van der Waals surface area contributed by atoms with Gasteiger partial charge in [0.15, 0.2) is 0 Å². The molecule has 23 heavy (non-hydrogen) atoms. The zero-order valence-corrected chi connectivity index (χ0v) is 13.1. The van der Waals surface area contributed by atoms with Crippen molar-refractivity contribution in [1.82, 2.24) is 4.90 Å². The predicted octanol–water partition coefficient (Wildman–Crippen LogP) is 2.32. The van der Waals surface area contributed by atoms with Crippen molar-refractivity contribution < 1.29 is 18.9 Å². The van der Waals surface area contributed by atoms with Gasteiger partial charge in [-0.15, -0.1) is 0 Å². The number of amides is 2. The summed E-state index contributed by atoms with van der Waals surface area (Å²) in [6, 6.07) is 2.91. The summed E-state index contributed by atoms with van der Waals surface area (Å²) in [5, 5.41) is 13.1. The van der Waals surface area contributed by atoms with Gasteiger partial charge in [-0.25, -0.2) is 4.39 Å². The summed E-state index contributed by atoms with van der Waals surface area (Å²) < 4.78 is 13.7. The fourth-order valence-electron chi connectivity index (χ4n) is 2.49. The Kier molecular flexibility index (Phi) is 4.35. The summed E-state index contributed by atoms with van der Waals surface area (Å²) in [4.78, 5) is 35.9. The third kappa shape index (κ3) is 3.64. The molecular weight excluding hydrogens is 305 g/mol. The number of non-ortho nitro benzene ring substituents is 1.